The third-order valence-corrected chi connectivity index (χ3v) is 7.82. The standard InChI is InChI=1S/C29H31Cl3N2O2S/c1-2-3-15-33-29(36)27(17-21-7-5-4-6-8-21)34(18-22-9-12-24(30)13-10-22)28(35)20-37-19-23-11-14-25(31)26(32)16-23/h4-14,16,27H,2-3,15,17-20H2,1H3,(H,33,36). The Kier molecular flexibility index (Phi) is 12.1. The molecule has 0 aliphatic heterocycles. The number of carbonyl (C=O) groups is 2. The lowest BCUT2D eigenvalue weighted by Crippen LogP contribution is -2.51. The highest BCUT2D eigenvalue weighted by Crippen LogP contribution is 2.25. The number of hydrogen-bond donors (Lipinski definition) is 1. The second kappa shape index (κ2) is 15.3. The van der Waals surface area contributed by atoms with Gasteiger partial charge in [-0.05, 0) is 47.4 Å². The largest absolute Gasteiger partial charge is 0.354 e. The smallest absolute Gasteiger partial charge is 0.243 e. The van der Waals surface area contributed by atoms with Crippen molar-refractivity contribution < 1.29 is 9.59 Å². The molecule has 0 heterocycles. The molecule has 3 rings (SSSR count). The summed E-state index contributed by atoms with van der Waals surface area (Å²) in [7, 11) is 0. The van der Waals surface area contributed by atoms with Gasteiger partial charge in [0.25, 0.3) is 0 Å². The number of thioether (sulfide) groups is 1. The third kappa shape index (κ3) is 9.57. The number of halogens is 3. The lowest BCUT2D eigenvalue weighted by Gasteiger charge is -2.31. The third-order valence-electron chi connectivity index (χ3n) is 5.85. The zero-order valence-corrected chi connectivity index (χ0v) is 23.8. The first kappa shape index (κ1) is 29.4. The van der Waals surface area contributed by atoms with Crippen LogP contribution in [-0.4, -0.2) is 35.1 Å². The molecule has 4 nitrogen and oxygen atoms in total. The van der Waals surface area contributed by atoms with Crippen molar-refractivity contribution in [2.45, 2.75) is 44.5 Å². The van der Waals surface area contributed by atoms with Gasteiger partial charge in [0.1, 0.15) is 6.04 Å². The fourth-order valence-electron chi connectivity index (χ4n) is 3.82. The van der Waals surface area contributed by atoms with E-state index in [1.165, 1.54) is 11.8 Å². The molecule has 0 aliphatic carbocycles. The van der Waals surface area contributed by atoms with E-state index in [9.17, 15) is 9.59 Å². The lowest BCUT2D eigenvalue weighted by molar-refractivity contribution is -0.139. The van der Waals surface area contributed by atoms with E-state index in [4.69, 9.17) is 34.8 Å². The summed E-state index contributed by atoms with van der Waals surface area (Å²) >= 11 is 19.7. The predicted molar refractivity (Wildman–Crippen MR) is 156 cm³/mol. The maximum atomic E-state index is 13.6. The molecule has 2 amide bonds. The average Bonchev–Trinajstić information content (AvgIpc) is 2.90. The number of benzene rings is 3. The van der Waals surface area contributed by atoms with Gasteiger partial charge in [0.15, 0.2) is 0 Å². The van der Waals surface area contributed by atoms with Gasteiger partial charge in [0.05, 0.1) is 15.8 Å². The summed E-state index contributed by atoms with van der Waals surface area (Å²) in [6, 6.07) is 22.0. The Labute approximate surface area is 238 Å². The molecule has 0 saturated carbocycles. The summed E-state index contributed by atoms with van der Waals surface area (Å²) in [6.07, 6.45) is 2.28. The molecule has 0 saturated heterocycles. The molecule has 0 radical (unpaired) electrons. The van der Waals surface area contributed by atoms with Crippen molar-refractivity contribution in [1.29, 1.82) is 0 Å². The van der Waals surface area contributed by atoms with Crippen molar-refractivity contribution in [3.8, 4) is 0 Å². The van der Waals surface area contributed by atoms with Crippen molar-refractivity contribution in [2.75, 3.05) is 12.3 Å². The first-order valence-electron chi connectivity index (χ1n) is 12.2. The van der Waals surface area contributed by atoms with Crippen LogP contribution in [0, 0.1) is 0 Å². The molecule has 0 bridgehead atoms. The predicted octanol–water partition coefficient (Wildman–Crippen LogP) is 7.44. The number of nitrogens with zero attached hydrogens (tertiary/aromatic N) is 1. The van der Waals surface area contributed by atoms with Crippen LogP contribution in [0.15, 0.2) is 72.8 Å². The molecule has 0 spiro atoms. The average molecular weight is 578 g/mol. The first-order chi connectivity index (χ1) is 17.9. The summed E-state index contributed by atoms with van der Waals surface area (Å²) in [5.41, 5.74) is 2.89. The van der Waals surface area contributed by atoms with E-state index in [0.717, 1.165) is 29.5 Å². The summed E-state index contributed by atoms with van der Waals surface area (Å²) in [5, 5.41) is 4.65. The molecule has 0 aliphatic rings. The van der Waals surface area contributed by atoms with Gasteiger partial charge in [-0.2, -0.15) is 0 Å². The lowest BCUT2D eigenvalue weighted by atomic mass is 10.0. The fraction of sp³-hybridized carbons (Fsp3) is 0.310. The van der Waals surface area contributed by atoms with Crippen LogP contribution in [0.1, 0.15) is 36.5 Å². The van der Waals surface area contributed by atoms with Gasteiger partial charge in [0.2, 0.25) is 11.8 Å². The Balaban J connectivity index is 1.82. The number of carbonyl (C=O) groups excluding carboxylic acids is 2. The van der Waals surface area contributed by atoms with Crippen LogP contribution < -0.4 is 5.32 Å². The molecule has 3 aromatic carbocycles. The molecule has 1 unspecified atom stereocenters. The van der Waals surface area contributed by atoms with Crippen LogP contribution in [0.3, 0.4) is 0 Å². The van der Waals surface area contributed by atoms with Crippen molar-refractivity contribution in [2.24, 2.45) is 0 Å². The minimum absolute atomic E-state index is 0.105. The van der Waals surface area contributed by atoms with Crippen molar-refractivity contribution in [3.05, 3.63) is 105 Å². The van der Waals surface area contributed by atoms with Crippen LogP contribution in [0.2, 0.25) is 15.1 Å². The highest BCUT2D eigenvalue weighted by molar-refractivity contribution is 7.99. The number of nitrogens with one attached hydrogen (secondary N) is 1. The Morgan fingerprint density at radius 1 is 0.892 bits per heavy atom. The van der Waals surface area contributed by atoms with Crippen LogP contribution >= 0.6 is 46.6 Å². The quantitative estimate of drug-likeness (QED) is 0.215. The molecule has 1 atom stereocenters. The van der Waals surface area contributed by atoms with Crippen LogP contribution in [0.5, 0.6) is 0 Å². The highest BCUT2D eigenvalue weighted by Gasteiger charge is 2.30. The SMILES string of the molecule is CCCCNC(=O)C(Cc1ccccc1)N(Cc1ccc(Cl)cc1)C(=O)CSCc1ccc(Cl)c(Cl)c1. The number of rotatable bonds is 13. The molecule has 8 heteroatoms. The van der Waals surface area contributed by atoms with Crippen LogP contribution in [0.25, 0.3) is 0 Å². The maximum Gasteiger partial charge on any atom is 0.243 e. The monoisotopic (exact) mass is 576 g/mol. The molecular formula is C29H31Cl3N2O2S. The molecule has 0 aromatic heterocycles. The van der Waals surface area contributed by atoms with Gasteiger partial charge < -0.3 is 10.2 Å². The summed E-state index contributed by atoms with van der Waals surface area (Å²) in [6.45, 7) is 2.97. The molecular weight excluding hydrogens is 547 g/mol. The van der Waals surface area contributed by atoms with Crippen molar-refractivity contribution >= 4 is 58.4 Å². The molecule has 37 heavy (non-hydrogen) atoms. The van der Waals surface area contributed by atoms with Crippen molar-refractivity contribution in [3.63, 3.8) is 0 Å². The van der Waals surface area contributed by atoms with Gasteiger partial charge >= 0.3 is 0 Å². The van der Waals surface area contributed by atoms with Gasteiger partial charge in [-0.1, -0.05) is 96.7 Å². The molecule has 196 valence electrons. The Morgan fingerprint density at radius 3 is 2.27 bits per heavy atom. The van der Waals surface area contributed by atoms with Gasteiger partial charge in [0, 0.05) is 30.3 Å². The summed E-state index contributed by atoms with van der Waals surface area (Å²) < 4.78 is 0. The zero-order valence-electron chi connectivity index (χ0n) is 20.8. The summed E-state index contributed by atoms with van der Waals surface area (Å²) in [4.78, 5) is 28.8. The van der Waals surface area contributed by atoms with E-state index in [2.05, 4.69) is 12.2 Å². The minimum atomic E-state index is -0.645. The van der Waals surface area contributed by atoms with E-state index in [0.29, 0.717) is 40.3 Å². The van der Waals surface area contributed by atoms with Gasteiger partial charge in [-0.15, -0.1) is 11.8 Å². The van der Waals surface area contributed by atoms with E-state index in [1.807, 2.05) is 54.6 Å². The van der Waals surface area contributed by atoms with E-state index in [1.54, 1.807) is 23.1 Å². The molecule has 1 N–H and O–H groups in total. The Hall–Kier alpha value is -2.18. The second-order valence-electron chi connectivity index (χ2n) is 8.74. The zero-order chi connectivity index (χ0) is 26.6. The Bertz CT molecular complexity index is 1160. The van der Waals surface area contributed by atoms with E-state index in [-0.39, 0.29) is 17.6 Å². The normalized spacial score (nSPS) is 11.7. The fourth-order valence-corrected chi connectivity index (χ4v) is 5.12. The number of unbranched alkanes of at least 4 members (excludes halogenated alkanes) is 1. The minimum Gasteiger partial charge on any atom is -0.354 e. The Morgan fingerprint density at radius 2 is 1.59 bits per heavy atom. The number of amides is 2. The topological polar surface area (TPSA) is 49.4 Å². The van der Waals surface area contributed by atoms with E-state index < -0.39 is 6.04 Å². The molecule has 0 fully saturated rings. The molecule has 3 aromatic rings. The van der Waals surface area contributed by atoms with Crippen molar-refractivity contribution in [1.82, 2.24) is 10.2 Å². The highest BCUT2D eigenvalue weighted by atomic mass is 35.5. The van der Waals surface area contributed by atoms with E-state index >= 15 is 0 Å². The first-order valence-corrected chi connectivity index (χ1v) is 14.5. The van der Waals surface area contributed by atoms with Crippen LogP contribution in [-0.2, 0) is 28.3 Å². The van der Waals surface area contributed by atoms with Gasteiger partial charge in [-0.3, -0.25) is 9.59 Å². The van der Waals surface area contributed by atoms with Crippen LogP contribution in [0.4, 0.5) is 0 Å². The van der Waals surface area contributed by atoms with Gasteiger partial charge in [-0.25, -0.2) is 0 Å². The second-order valence-corrected chi connectivity index (χ2v) is 11.0. The number of hydrogen-bond acceptors (Lipinski definition) is 3. The maximum absolute atomic E-state index is 13.6. The summed E-state index contributed by atoms with van der Waals surface area (Å²) in [5.74, 6) is 0.575.